The predicted octanol–water partition coefficient (Wildman–Crippen LogP) is 3.22. The average Bonchev–Trinajstić information content (AvgIpc) is 3.22. The lowest BCUT2D eigenvalue weighted by Gasteiger charge is -2.27. The molecule has 172 valence electrons. The molecule has 2 aromatic rings. The summed E-state index contributed by atoms with van der Waals surface area (Å²) in [5.74, 6) is -0.821. The van der Waals surface area contributed by atoms with E-state index in [0.29, 0.717) is 24.0 Å². The van der Waals surface area contributed by atoms with Gasteiger partial charge in [-0.1, -0.05) is 18.2 Å². The fraction of sp³-hybridized carbons (Fsp3) is 0.360. The van der Waals surface area contributed by atoms with E-state index < -0.39 is 17.7 Å². The third kappa shape index (κ3) is 4.60. The molecule has 0 bridgehead atoms. The first kappa shape index (κ1) is 22.5. The number of carbonyl (C=O) groups excluding carboxylic acids is 4. The van der Waals surface area contributed by atoms with E-state index in [-0.39, 0.29) is 24.3 Å². The maximum absolute atomic E-state index is 12.9. The van der Waals surface area contributed by atoms with E-state index in [9.17, 15) is 19.2 Å². The molecule has 4 amide bonds. The maximum atomic E-state index is 12.9. The Kier molecular flexibility index (Phi) is 5.69. The fourth-order valence-corrected chi connectivity index (χ4v) is 4.25. The molecule has 33 heavy (non-hydrogen) atoms. The Morgan fingerprint density at radius 3 is 2.33 bits per heavy atom. The number of hydrogen-bond donors (Lipinski definition) is 2. The first-order chi connectivity index (χ1) is 15.5. The summed E-state index contributed by atoms with van der Waals surface area (Å²) in [5.41, 5.74) is 3.60. The second kappa shape index (κ2) is 8.35. The van der Waals surface area contributed by atoms with Gasteiger partial charge in [0.25, 0.3) is 11.8 Å². The third-order valence-corrected chi connectivity index (χ3v) is 5.79. The number of nitrogens with one attached hydrogen (secondary N) is 2. The monoisotopic (exact) mass is 449 g/mol. The normalized spacial score (nSPS) is 15.8. The van der Waals surface area contributed by atoms with Crippen LogP contribution in [0.15, 0.2) is 36.4 Å². The summed E-state index contributed by atoms with van der Waals surface area (Å²) in [6.07, 6.45) is 0.0390. The molecule has 2 heterocycles. The topological polar surface area (TPSA) is 105 Å². The highest BCUT2D eigenvalue weighted by molar-refractivity contribution is 6.21. The second-order valence-corrected chi connectivity index (χ2v) is 9.41. The van der Waals surface area contributed by atoms with Crippen molar-refractivity contribution in [3.63, 3.8) is 0 Å². The van der Waals surface area contributed by atoms with Gasteiger partial charge in [0, 0.05) is 5.69 Å². The standard InChI is InChI=1S/C25H27N3O5/c1-14-15(9-10-20-19(14)12-21(29)27-20)11-16(26-24(32)33-25(2,3)4)13-28-22(30)17-7-5-6-8-18(17)23(28)31/h5-10,16H,11-13H2,1-4H3,(H,26,32)(H,27,29). The molecular weight excluding hydrogens is 422 g/mol. The number of anilines is 1. The molecule has 0 spiro atoms. The lowest BCUT2D eigenvalue weighted by atomic mass is 9.95. The van der Waals surface area contributed by atoms with Gasteiger partial charge in [-0.15, -0.1) is 0 Å². The number of amides is 4. The Labute approximate surface area is 192 Å². The summed E-state index contributed by atoms with van der Waals surface area (Å²) in [5, 5.41) is 5.66. The van der Waals surface area contributed by atoms with Crippen LogP contribution in [0.1, 0.15) is 58.2 Å². The number of fused-ring (bicyclic) bond motifs is 2. The van der Waals surface area contributed by atoms with E-state index in [1.54, 1.807) is 45.0 Å². The van der Waals surface area contributed by atoms with Crippen molar-refractivity contribution in [1.82, 2.24) is 10.2 Å². The van der Waals surface area contributed by atoms with Gasteiger partial charge in [0.2, 0.25) is 5.91 Å². The minimum Gasteiger partial charge on any atom is -0.444 e. The van der Waals surface area contributed by atoms with Crippen molar-refractivity contribution < 1.29 is 23.9 Å². The molecule has 1 atom stereocenters. The molecule has 0 saturated heterocycles. The molecule has 8 heteroatoms. The van der Waals surface area contributed by atoms with Crippen LogP contribution >= 0.6 is 0 Å². The van der Waals surface area contributed by atoms with Crippen molar-refractivity contribution in [2.75, 3.05) is 11.9 Å². The number of ether oxygens (including phenoxy) is 1. The van der Waals surface area contributed by atoms with E-state index in [1.807, 2.05) is 19.1 Å². The Balaban J connectivity index is 1.59. The molecule has 0 aromatic heterocycles. The van der Waals surface area contributed by atoms with E-state index >= 15 is 0 Å². The molecule has 0 saturated carbocycles. The van der Waals surface area contributed by atoms with Gasteiger partial charge < -0.3 is 15.4 Å². The minimum atomic E-state index is -0.695. The zero-order chi connectivity index (χ0) is 23.9. The maximum Gasteiger partial charge on any atom is 0.407 e. The number of hydrogen-bond acceptors (Lipinski definition) is 5. The zero-order valence-electron chi connectivity index (χ0n) is 19.2. The van der Waals surface area contributed by atoms with Gasteiger partial charge in [0.05, 0.1) is 30.1 Å². The molecule has 1 unspecified atom stereocenters. The van der Waals surface area contributed by atoms with Gasteiger partial charge in [0.15, 0.2) is 0 Å². The molecule has 0 radical (unpaired) electrons. The molecule has 2 aromatic carbocycles. The molecule has 8 nitrogen and oxygen atoms in total. The van der Waals surface area contributed by atoms with Crippen LogP contribution in [0.3, 0.4) is 0 Å². The first-order valence-corrected chi connectivity index (χ1v) is 10.9. The van der Waals surface area contributed by atoms with Gasteiger partial charge in [-0.3, -0.25) is 19.3 Å². The lowest BCUT2D eigenvalue weighted by molar-refractivity contribution is -0.115. The highest BCUT2D eigenvalue weighted by Crippen LogP contribution is 2.29. The predicted molar refractivity (Wildman–Crippen MR) is 122 cm³/mol. The average molecular weight is 450 g/mol. The number of alkyl carbamates (subject to hydrolysis) is 1. The summed E-state index contributed by atoms with van der Waals surface area (Å²) in [6.45, 7) is 7.22. The zero-order valence-corrected chi connectivity index (χ0v) is 19.2. The van der Waals surface area contributed by atoms with Crippen molar-refractivity contribution in [3.8, 4) is 0 Å². The Morgan fingerprint density at radius 2 is 1.73 bits per heavy atom. The van der Waals surface area contributed by atoms with Gasteiger partial charge in [-0.25, -0.2) is 4.79 Å². The van der Waals surface area contributed by atoms with E-state index in [4.69, 9.17) is 4.74 Å². The molecule has 2 aliphatic heterocycles. The summed E-state index contributed by atoms with van der Waals surface area (Å²) in [6, 6.07) is 9.84. The number of nitrogens with zero attached hydrogens (tertiary/aromatic N) is 1. The Bertz CT molecular complexity index is 1130. The van der Waals surface area contributed by atoms with Crippen LogP contribution in [0.2, 0.25) is 0 Å². The first-order valence-electron chi connectivity index (χ1n) is 10.9. The van der Waals surface area contributed by atoms with Gasteiger partial charge in [-0.05, 0) is 69.0 Å². The van der Waals surface area contributed by atoms with Crippen LogP contribution in [-0.4, -0.2) is 46.9 Å². The van der Waals surface area contributed by atoms with Gasteiger partial charge >= 0.3 is 6.09 Å². The highest BCUT2D eigenvalue weighted by atomic mass is 16.6. The quantitative estimate of drug-likeness (QED) is 0.682. The van der Waals surface area contributed by atoms with Crippen molar-refractivity contribution in [1.29, 1.82) is 0 Å². The molecule has 4 rings (SSSR count). The van der Waals surface area contributed by atoms with Crippen LogP contribution in [0.5, 0.6) is 0 Å². The fourth-order valence-electron chi connectivity index (χ4n) is 4.25. The van der Waals surface area contributed by atoms with Crippen LogP contribution in [-0.2, 0) is 22.4 Å². The number of imide groups is 1. The molecule has 2 N–H and O–H groups in total. The van der Waals surface area contributed by atoms with Crippen molar-refractivity contribution in [3.05, 3.63) is 64.2 Å². The van der Waals surface area contributed by atoms with Gasteiger partial charge in [-0.2, -0.15) is 0 Å². The van der Waals surface area contributed by atoms with Crippen LogP contribution in [0.25, 0.3) is 0 Å². The summed E-state index contributed by atoms with van der Waals surface area (Å²) >= 11 is 0. The Morgan fingerprint density at radius 1 is 1.09 bits per heavy atom. The number of carbonyl (C=O) groups is 4. The second-order valence-electron chi connectivity index (χ2n) is 9.41. The van der Waals surface area contributed by atoms with Crippen LogP contribution < -0.4 is 10.6 Å². The van der Waals surface area contributed by atoms with Crippen LogP contribution in [0, 0.1) is 6.92 Å². The van der Waals surface area contributed by atoms with Crippen molar-refractivity contribution in [2.24, 2.45) is 0 Å². The third-order valence-electron chi connectivity index (χ3n) is 5.79. The summed E-state index contributed by atoms with van der Waals surface area (Å²) in [7, 11) is 0. The van der Waals surface area contributed by atoms with Crippen molar-refractivity contribution >= 4 is 29.5 Å². The number of rotatable bonds is 5. The van der Waals surface area contributed by atoms with E-state index in [0.717, 1.165) is 22.4 Å². The number of benzene rings is 2. The largest absolute Gasteiger partial charge is 0.444 e. The van der Waals surface area contributed by atoms with E-state index in [1.165, 1.54) is 4.90 Å². The smallest absolute Gasteiger partial charge is 0.407 e. The van der Waals surface area contributed by atoms with Gasteiger partial charge in [0.1, 0.15) is 5.60 Å². The van der Waals surface area contributed by atoms with Crippen molar-refractivity contribution in [2.45, 2.75) is 52.2 Å². The lowest BCUT2D eigenvalue weighted by Crippen LogP contribution is -2.48. The summed E-state index contributed by atoms with van der Waals surface area (Å²) < 4.78 is 5.41. The summed E-state index contributed by atoms with van der Waals surface area (Å²) in [4.78, 5) is 51.3. The molecule has 0 fully saturated rings. The highest BCUT2D eigenvalue weighted by Gasteiger charge is 2.37. The molecule has 0 aliphatic carbocycles. The minimum absolute atomic E-state index is 0.000700. The SMILES string of the molecule is Cc1c(CC(CN2C(=O)c3ccccc3C2=O)NC(=O)OC(C)(C)C)ccc2c1CC(=O)N2. The van der Waals surface area contributed by atoms with E-state index in [2.05, 4.69) is 10.6 Å². The molecular formula is C25H27N3O5. The Hall–Kier alpha value is -3.68. The van der Waals surface area contributed by atoms with Crippen LogP contribution in [0.4, 0.5) is 10.5 Å². The molecule has 2 aliphatic rings.